The number of carbonyl (C=O) groups excluding carboxylic acids is 1. The first-order chi connectivity index (χ1) is 12.2. The van der Waals surface area contributed by atoms with Crippen molar-refractivity contribution in [2.24, 2.45) is 0 Å². The van der Waals surface area contributed by atoms with Gasteiger partial charge in [0.15, 0.2) is 0 Å². The normalized spacial score (nSPS) is 15.5. The number of piperidine rings is 1. The smallest absolute Gasteiger partial charge is 0.253 e. The van der Waals surface area contributed by atoms with Crippen molar-refractivity contribution in [2.75, 3.05) is 13.1 Å². The van der Waals surface area contributed by atoms with Crippen LogP contribution in [0, 0.1) is 0 Å². The topological polar surface area (TPSA) is 68.2 Å². The van der Waals surface area contributed by atoms with Crippen molar-refractivity contribution in [2.45, 2.75) is 18.9 Å². The number of pyridine rings is 1. The highest BCUT2D eigenvalue weighted by molar-refractivity contribution is 7.00. The van der Waals surface area contributed by atoms with Crippen molar-refractivity contribution < 1.29 is 9.53 Å². The Kier molecular flexibility index (Phi) is 4.50. The van der Waals surface area contributed by atoms with Crippen molar-refractivity contribution in [1.29, 1.82) is 0 Å². The second-order valence-corrected chi connectivity index (χ2v) is 6.82. The molecule has 1 fully saturated rings. The third-order valence-corrected chi connectivity index (χ3v) is 5.10. The van der Waals surface area contributed by atoms with Gasteiger partial charge in [-0.2, -0.15) is 8.75 Å². The van der Waals surface area contributed by atoms with Crippen molar-refractivity contribution in [3.05, 3.63) is 47.2 Å². The SMILES string of the molecule is O=C(c1ccc2nsnc2c1)N1CCC(Oc2ccncc2Cl)CC1. The zero-order chi connectivity index (χ0) is 17.2. The molecule has 4 rings (SSSR count). The van der Waals surface area contributed by atoms with Gasteiger partial charge in [0.2, 0.25) is 0 Å². The molecule has 0 saturated carbocycles. The van der Waals surface area contributed by atoms with E-state index in [0.717, 1.165) is 35.6 Å². The van der Waals surface area contributed by atoms with E-state index in [1.54, 1.807) is 24.5 Å². The standard InChI is InChI=1S/C17H15ClN4O2S/c18-13-10-19-6-3-16(13)24-12-4-7-22(8-5-12)17(23)11-1-2-14-15(9-11)21-25-20-14/h1-3,6,9-10,12H,4-5,7-8H2. The molecule has 3 aromatic rings. The second kappa shape index (κ2) is 6.93. The minimum absolute atomic E-state index is 0.0234. The van der Waals surface area contributed by atoms with E-state index in [1.165, 1.54) is 0 Å². The molecule has 1 aromatic carbocycles. The lowest BCUT2D eigenvalue weighted by atomic mass is 10.1. The van der Waals surface area contributed by atoms with Gasteiger partial charge in [-0.25, -0.2) is 0 Å². The van der Waals surface area contributed by atoms with Gasteiger partial charge in [-0.1, -0.05) is 11.6 Å². The molecule has 1 aliphatic heterocycles. The molecule has 8 heteroatoms. The lowest BCUT2D eigenvalue weighted by Crippen LogP contribution is -2.41. The third-order valence-electron chi connectivity index (χ3n) is 4.26. The van der Waals surface area contributed by atoms with Gasteiger partial charge in [-0.3, -0.25) is 9.78 Å². The van der Waals surface area contributed by atoms with Crippen LogP contribution >= 0.6 is 23.3 Å². The average Bonchev–Trinajstić information content (AvgIpc) is 3.11. The molecule has 3 heterocycles. The summed E-state index contributed by atoms with van der Waals surface area (Å²) in [7, 11) is 0. The number of likely N-dealkylation sites (tertiary alicyclic amines) is 1. The van der Waals surface area contributed by atoms with Gasteiger partial charge in [0.25, 0.3) is 5.91 Å². The molecule has 1 aliphatic rings. The Bertz CT molecular complexity index is 908. The summed E-state index contributed by atoms with van der Waals surface area (Å²) in [5.41, 5.74) is 2.24. The van der Waals surface area contributed by atoms with Crippen LogP contribution in [0.25, 0.3) is 11.0 Å². The van der Waals surface area contributed by atoms with Crippen LogP contribution in [-0.4, -0.2) is 43.7 Å². The maximum atomic E-state index is 12.7. The first kappa shape index (κ1) is 16.2. The molecule has 1 amide bonds. The number of carbonyl (C=O) groups is 1. The summed E-state index contributed by atoms with van der Waals surface area (Å²) in [6.07, 6.45) is 4.81. The lowest BCUT2D eigenvalue weighted by Gasteiger charge is -2.32. The van der Waals surface area contributed by atoms with Crippen LogP contribution < -0.4 is 4.74 Å². The zero-order valence-electron chi connectivity index (χ0n) is 13.3. The van der Waals surface area contributed by atoms with Crippen LogP contribution in [0.5, 0.6) is 5.75 Å². The number of ether oxygens (including phenoxy) is 1. The Balaban J connectivity index is 1.39. The van der Waals surface area contributed by atoms with Gasteiger partial charge in [-0.05, 0) is 18.2 Å². The number of benzene rings is 1. The molecule has 0 bridgehead atoms. The molecule has 0 unspecified atom stereocenters. The van der Waals surface area contributed by atoms with E-state index in [0.29, 0.717) is 29.4 Å². The number of hydrogen-bond acceptors (Lipinski definition) is 6. The summed E-state index contributed by atoms with van der Waals surface area (Å²) < 4.78 is 14.3. The molecule has 6 nitrogen and oxygen atoms in total. The van der Waals surface area contributed by atoms with E-state index in [-0.39, 0.29) is 12.0 Å². The van der Waals surface area contributed by atoms with Gasteiger partial charge < -0.3 is 9.64 Å². The fourth-order valence-electron chi connectivity index (χ4n) is 2.91. The van der Waals surface area contributed by atoms with Gasteiger partial charge >= 0.3 is 0 Å². The molecule has 0 radical (unpaired) electrons. The predicted octanol–water partition coefficient (Wildman–Crippen LogP) is 3.42. The minimum atomic E-state index is 0.0234. The fourth-order valence-corrected chi connectivity index (χ4v) is 3.59. The van der Waals surface area contributed by atoms with Crippen molar-refractivity contribution in [1.82, 2.24) is 18.6 Å². The van der Waals surface area contributed by atoms with Crippen molar-refractivity contribution >= 4 is 40.3 Å². The van der Waals surface area contributed by atoms with Crippen LogP contribution in [0.3, 0.4) is 0 Å². The third kappa shape index (κ3) is 3.43. The Morgan fingerprint density at radius 1 is 1.20 bits per heavy atom. The number of aromatic nitrogens is 3. The Labute approximate surface area is 153 Å². The van der Waals surface area contributed by atoms with E-state index in [4.69, 9.17) is 16.3 Å². The van der Waals surface area contributed by atoms with E-state index in [2.05, 4.69) is 13.7 Å². The van der Waals surface area contributed by atoms with E-state index in [9.17, 15) is 4.79 Å². The van der Waals surface area contributed by atoms with Crippen molar-refractivity contribution in [3.8, 4) is 5.75 Å². The maximum absolute atomic E-state index is 12.7. The monoisotopic (exact) mass is 374 g/mol. The van der Waals surface area contributed by atoms with Crippen LogP contribution in [0.1, 0.15) is 23.2 Å². The summed E-state index contributed by atoms with van der Waals surface area (Å²) in [6.45, 7) is 1.30. The van der Waals surface area contributed by atoms with Crippen LogP contribution in [0.2, 0.25) is 5.02 Å². The highest BCUT2D eigenvalue weighted by Crippen LogP contribution is 2.26. The number of halogens is 1. The van der Waals surface area contributed by atoms with Gasteiger partial charge in [-0.15, -0.1) is 0 Å². The highest BCUT2D eigenvalue weighted by atomic mass is 35.5. The molecule has 25 heavy (non-hydrogen) atoms. The first-order valence-corrected chi connectivity index (χ1v) is 9.09. The molecule has 0 spiro atoms. The predicted molar refractivity (Wildman–Crippen MR) is 96.2 cm³/mol. The first-order valence-electron chi connectivity index (χ1n) is 7.98. The van der Waals surface area contributed by atoms with E-state index >= 15 is 0 Å². The Morgan fingerprint density at radius 2 is 2.00 bits per heavy atom. The minimum Gasteiger partial charge on any atom is -0.489 e. The van der Waals surface area contributed by atoms with Gasteiger partial charge in [0.1, 0.15) is 27.9 Å². The molecule has 128 valence electrons. The summed E-state index contributed by atoms with van der Waals surface area (Å²) in [4.78, 5) is 18.5. The largest absolute Gasteiger partial charge is 0.489 e. The van der Waals surface area contributed by atoms with Crippen LogP contribution in [0.4, 0.5) is 0 Å². The number of rotatable bonds is 3. The number of fused-ring (bicyclic) bond motifs is 1. The highest BCUT2D eigenvalue weighted by Gasteiger charge is 2.25. The molecule has 0 atom stereocenters. The molecule has 0 aliphatic carbocycles. The molecule has 2 aromatic heterocycles. The summed E-state index contributed by atoms with van der Waals surface area (Å²) in [6, 6.07) is 7.22. The Morgan fingerprint density at radius 3 is 2.80 bits per heavy atom. The zero-order valence-corrected chi connectivity index (χ0v) is 14.8. The summed E-state index contributed by atoms with van der Waals surface area (Å²) in [5, 5.41) is 0.506. The van der Waals surface area contributed by atoms with E-state index < -0.39 is 0 Å². The second-order valence-electron chi connectivity index (χ2n) is 5.88. The van der Waals surface area contributed by atoms with Crippen LogP contribution in [0.15, 0.2) is 36.7 Å². The lowest BCUT2D eigenvalue weighted by molar-refractivity contribution is 0.0595. The maximum Gasteiger partial charge on any atom is 0.253 e. The number of nitrogens with zero attached hydrogens (tertiary/aromatic N) is 4. The Hall–Kier alpha value is -2.25. The average molecular weight is 375 g/mol. The number of hydrogen-bond donors (Lipinski definition) is 0. The van der Waals surface area contributed by atoms with E-state index in [1.807, 2.05) is 17.0 Å². The quantitative estimate of drug-likeness (QED) is 0.702. The van der Waals surface area contributed by atoms with Gasteiger partial charge in [0, 0.05) is 50.0 Å². The van der Waals surface area contributed by atoms with Gasteiger partial charge in [0.05, 0.1) is 11.7 Å². The van der Waals surface area contributed by atoms with Crippen LogP contribution in [-0.2, 0) is 0 Å². The summed E-state index contributed by atoms with van der Waals surface area (Å²) >= 11 is 7.23. The molecular formula is C17H15ClN4O2S. The molecule has 0 N–H and O–H groups in total. The fraction of sp³-hybridized carbons (Fsp3) is 0.294. The molecular weight excluding hydrogens is 360 g/mol. The van der Waals surface area contributed by atoms with Crippen molar-refractivity contribution in [3.63, 3.8) is 0 Å². The molecule has 1 saturated heterocycles. The number of amides is 1. The summed E-state index contributed by atoms with van der Waals surface area (Å²) in [5.74, 6) is 0.665.